The van der Waals surface area contributed by atoms with Gasteiger partial charge in [0.25, 0.3) is 0 Å². The molecule has 1 atom stereocenters. The Morgan fingerprint density at radius 2 is 2.19 bits per heavy atom. The van der Waals surface area contributed by atoms with Gasteiger partial charge in [0.05, 0.1) is 33.2 Å². The Morgan fingerprint density at radius 3 is 2.91 bits per heavy atom. The monoisotopic (exact) mass is 470 g/mol. The molecule has 0 saturated carbocycles. The highest BCUT2D eigenvalue weighted by atomic mass is 35.5. The van der Waals surface area contributed by atoms with Crippen LogP contribution < -0.4 is 15.5 Å². The second kappa shape index (κ2) is 8.77. The molecule has 0 aromatic carbocycles. The number of piperazine rings is 1. The summed E-state index contributed by atoms with van der Waals surface area (Å²) in [5.74, 6) is 0.0277. The minimum Gasteiger partial charge on any atom is -0.507 e. The molecule has 3 heterocycles. The highest BCUT2D eigenvalue weighted by molar-refractivity contribution is 7.99. The van der Waals surface area contributed by atoms with Gasteiger partial charge in [-0.05, 0) is 38.3 Å². The van der Waals surface area contributed by atoms with Crippen LogP contribution in [-0.2, 0) is 0 Å². The number of nitrogens with one attached hydrogen (secondary N) is 3. The van der Waals surface area contributed by atoms with Crippen LogP contribution in [0.3, 0.4) is 0 Å². The lowest BCUT2D eigenvalue weighted by molar-refractivity contribution is 0.433. The number of anilines is 1. The molecular formula is C23H27ClN6OS. The Labute approximate surface area is 197 Å². The maximum Gasteiger partial charge on any atom is 0.161 e. The predicted octanol–water partition coefficient (Wildman–Crippen LogP) is 4.12. The van der Waals surface area contributed by atoms with E-state index < -0.39 is 0 Å². The van der Waals surface area contributed by atoms with Gasteiger partial charge >= 0.3 is 0 Å². The predicted molar refractivity (Wildman–Crippen MR) is 135 cm³/mol. The van der Waals surface area contributed by atoms with E-state index in [2.05, 4.69) is 38.7 Å². The smallest absolute Gasteiger partial charge is 0.161 e. The first-order chi connectivity index (χ1) is 15.3. The van der Waals surface area contributed by atoms with Crippen molar-refractivity contribution in [2.75, 3.05) is 37.8 Å². The summed E-state index contributed by atoms with van der Waals surface area (Å²) >= 11 is 8.48. The molecule has 168 valence electrons. The van der Waals surface area contributed by atoms with Crippen molar-refractivity contribution in [1.82, 2.24) is 20.6 Å². The Hall–Kier alpha value is -2.55. The van der Waals surface area contributed by atoms with E-state index in [4.69, 9.17) is 17.0 Å². The topological polar surface area (TPSA) is 97.2 Å². The fraction of sp³-hybridized carbons (Fsp3) is 0.348. The van der Waals surface area contributed by atoms with Gasteiger partial charge in [-0.3, -0.25) is 10.7 Å². The largest absolute Gasteiger partial charge is 0.507 e. The van der Waals surface area contributed by atoms with Crippen LogP contribution in [-0.4, -0.2) is 58.6 Å². The van der Waals surface area contributed by atoms with Crippen molar-refractivity contribution in [2.45, 2.75) is 18.7 Å². The van der Waals surface area contributed by atoms with Crippen LogP contribution in [0.5, 0.6) is 0 Å². The lowest BCUT2D eigenvalue weighted by Crippen LogP contribution is -2.56. The third-order valence-corrected chi connectivity index (χ3v) is 7.43. The van der Waals surface area contributed by atoms with Crippen molar-refractivity contribution >= 4 is 51.4 Å². The van der Waals surface area contributed by atoms with Crippen molar-refractivity contribution in [1.29, 1.82) is 5.41 Å². The second-order valence-corrected chi connectivity index (χ2v) is 9.85. The van der Waals surface area contributed by atoms with Crippen LogP contribution >= 0.6 is 23.4 Å². The molecule has 1 aliphatic carbocycles. The number of rotatable bonds is 4. The van der Waals surface area contributed by atoms with Crippen molar-refractivity contribution < 1.29 is 5.11 Å². The van der Waals surface area contributed by atoms with Crippen LogP contribution in [0.4, 0.5) is 5.69 Å². The summed E-state index contributed by atoms with van der Waals surface area (Å²) in [6.45, 7) is 6.58. The number of fused-ring (bicyclic) bond motifs is 1. The number of aromatic nitrogens is 2. The maximum atomic E-state index is 10.7. The highest BCUT2D eigenvalue weighted by Gasteiger charge is 2.30. The van der Waals surface area contributed by atoms with E-state index in [1.807, 2.05) is 12.3 Å². The molecule has 1 aliphatic heterocycles. The summed E-state index contributed by atoms with van der Waals surface area (Å²) in [6.07, 6.45) is 7.41. The quantitative estimate of drug-likeness (QED) is 0.533. The zero-order valence-corrected chi connectivity index (χ0v) is 20.2. The summed E-state index contributed by atoms with van der Waals surface area (Å²) in [5, 5.41) is 26.7. The van der Waals surface area contributed by atoms with Gasteiger partial charge < -0.3 is 15.3 Å². The van der Waals surface area contributed by atoms with E-state index in [1.54, 1.807) is 44.1 Å². The number of thioether (sulfide) groups is 1. The van der Waals surface area contributed by atoms with Crippen LogP contribution in [0.15, 0.2) is 47.5 Å². The number of aliphatic hydroxyl groups excluding tert-OH is 1. The number of aliphatic hydroxyl groups is 1. The Kier molecular flexibility index (Phi) is 6.20. The molecule has 1 unspecified atom stereocenters. The molecule has 1 fully saturated rings. The highest BCUT2D eigenvalue weighted by Crippen LogP contribution is 2.35. The van der Waals surface area contributed by atoms with Gasteiger partial charge in [0.15, 0.2) is 5.65 Å². The SMILES string of the molecule is CN/C=C1/C=C(c2cc(Cl)c3cc(N4CCNC(C)(SC)C4)cnc3n2)C(O)=C(C)C1=N. The first-order valence-corrected chi connectivity index (χ1v) is 12.0. The van der Waals surface area contributed by atoms with Gasteiger partial charge in [0.1, 0.15) is 5.76 Å². The Balaban J connectivity index is 1.74. The molecule has 7 nitrogen and oxygen atoms in total. The summed E-state index contributed by atoms with van der Waals surface area (Å²) in [7, 11) is 1.77. The molecule has 4 N–H and O–H groups in total. The maximum absolute atomic E-state index is 10.7. The number of pyridine rings is 2. The van der Waals surface area contributed by atoms with Crippen LogP contribution in [0, 0.1) is 5.41 Å². The number of halogens is 1. The third-order valence-electron chi connectivity index (χ3n) is 5.94. The summed E-state index contributed by atoms with van der Waals surface area (Å²) in [5.41, 5.74) is 3.99. The fourth-order valence-corrected chi connectivity index (χ4v) is 4.75. The van der Waals surface area contributed by atoms with E-state index in [-0.39, 0.29) is 16.3 Å². The van der Waals surface area contributed by atoms with Gasteiger partial charge in [-0.2, -0.15) is 0 Å². The van der Waals surface area contributed by atoms with E-state index >= 15 is 0 Å². The van der Waals surface area contributed by atoms with E-state index in [1.165, 1.54) is 0 Å². The molecule has 0 amide bonds. The van der Waals surface area contributed by atoms with E-state index in [0.717, 1.165) is 30.7 Å². The molecular weight excluding hydrogens is 444 g/mol. The number of hydrogen-bond acceptors (Lipinski definition) is 8. The Morgan fingerprint density at radius 1 is 1.41 bits per heavy atom. The van der Waals surface area contributed by atoms with E-state index in [9.17, 15) is 5.11 Å². The number of nitrogens with zero attached hydrogens (tertiary/aromatic N) is 3. The molecule has 4 rings (SSSR count). The summed E-state index contributed by atoms with van der Waals surface area (Å²) in [6, 6.07) is 3.78. The zero-order chi connectivity index (χ0) is 23.0. The molecule has 0 radical (unpaired) electrons. The van der Waals surface area contributed by atoms with Crippen LogP contribution in [0.1, 0.15) is 19.5 Å². The fourth-order valence-electron chi connectivity index (χ4n) is 3.98. The molecule has 1 saturated heterocycles. The number of hydrogen-bond donors (Lipinski definition) is 4. The normalized spacial score (nSPS) is 23.2. The lowest BCUT2D eigenvalue weighted by atomic mass is 9.91. The summed E-state index contributed by atoms with van der Waals surface area (Å²) < 4.78 is 0. The third kappa shape index (κ3) is 4.10. The van der Waals surface area contributed by atoms with Crippen molar-refractivity contribution in [3.63, 3.8) is 0 Å². The van der Waals surface area contributed by atoms with Crippen molar-refractivity contribution in [3.8, 4) is 0 Å². The molecule has 0 spiro atoms. The molecule has 0 bridgehead atoms. The van der Waals surface area contributed by atoms with Gasteiger partial charge in [-0.15, -0.1) is 11.8 Å². The molecule has 2 aromatic heterocycles. The van der Waals surface area contributed by atoms with Crippen molar-refractivity contribution in [2.24, 2.45) is 0 Å². The molecule has 2 aromatic rings. The molecule has 2 aliphatic rings. The minimum absolute atomic E-state index is 0.0133. The molecule has 9 heteroatoms. The first kappa shape index (κ1) is 22.6. The van der Waals surface area contributed by atoms with Crippen molar-refractivity contribution in [3.05, 3.63) is 58.2 Å². The second-order valence-electron chi connectivity index (χ2n) is 8.13. The standard InChI is InChI=1S/C23H27ClN6OS/c1-13-20(25)14(10-26-3)7-17(21(13)31)19-9-18(24)16-8-15(11-27-22(16)29-19)30-6-5-28-23(2,12-30)32-4/h7-11,25-26,28,31H,5-6,12H2,1-4H3/b14-10-,25-20?. The number of allylic oxidation sites excluding steroid dienone is 4. The first-order valence-electron chi connectivity index (χ1n) is 10.4. The van der Waals surface area contributed by atoms with Gasteiger partial charge in [0, 0.05) is 55.0 Å². The zero-order valence-electron chi connectivity index (χ0n) is 18.6. The van der Waals surface area contributed by atoms with Gasteiger partial charge in [-0.25, -0.2) is 9.97 Å². The van der Waals surface area contributed by atoms with Gasteiger partial charge in [0.2, 0.25) is 0 Å². The summed E-state index contributed by atoms with van der Waals surface area (Å²) in [4.78, 5) is 11.6. The average Bonchev–Trinajstić information content (AvgIpc) is 2.79. The van der Waals surface area contributed by atoms with E-state index in [0.29, 0.717) is 33.1 Å². The molecule has 32 heavy (non-hydrogen) atoms. The minimum atomic E-state index is -0.0133. The average molecular weight is 471 g/mol. The van der Waals surface area contributed by atoms with Gasteiger partial charge in [-0.1, -0.05) is 11.6 Å². The lowest BCUT2D eigenvalue weighted by Gasteiger charge is -2.41. The Bertz CT molecular complexity index is 1190. The van der Waals surface area contributed by atoms with Crippen LogP contribution in [0.2, 0.25) is 5.02 Å². The van der Waals surface area contributed by atoms with Crippen LogP contribution in [0.25, 0.3) is 16.6 Å².